The topological polar surface area (TPSA) is 42.8 Å². The van der Waals surface area contributed by atoms with E-state index in [1.54, 1.807) is 13.3 Å². The van der Waals surface area contributed by atoms with Gasteiger partial charge in [-0.15, -0.1) is 0 Å². The van der Waals surface area contributed by atoms with Crippen LogP contribution in [0, 0.1) is 0 Å². The molecule has 0 amide bonds. The van der Waals surface area contributed by atoms with Crippen molar-refractivity contribution in [2.24, 2.45) is 5.10 Å². The van der Waals surface area contributed by atoms with Crippen LogP contribution in [-0.4, -0.2) is 19.9 Å². The van der Waals surface area contributed by atoms with Gasteiger partial charge in [0.2, 0.25) is 0 Å². The van der Waals surface area contributed by atoms with Crippen molar-refractivity contribution in [3.05, 3.63) is 53.1 Å². The Kier molecular flexibility index (Phi) is 6.10. The monoisotopic (exact) mass is 318 g/mol. The Morgan fingerprint density at radius 3 is 2.59 bits per heavy atom. The lowest BCUT2D eigenvalue weighted by molar-refractivity contribution is 0.294. The van der Waals surface area contributed by atoms with E-state index < -0.39 is 0 Å². The van der Waals surface area contributed by atoms with Crippen molar-refractivity contribution in [2.45, 2.75) is 13.3 Å². The van der Waals surface area contributed by atoms with Crippen molar-refractivity contribution in [3.63, 3.8) is 0 Å². The fourth-order valence-corrected chi connectivity index (χ4v) is 1.93. The van der Waals surface area contributed by atoms with Gasteiger partial charge in [-0.2, -0.15) is 5.10 Å². The summed E-state index contributed by atoms with van der Waals surface area (Å²) < 4.78 is 11.0. The predicted octanol–water partition coefficient (Wildman–Crippen LogP) is 4.58. The number of halogens is 1. The number of nitrogens with zero attached hydrogens (tertiary/aromatic N) is 1. The molecule has 116 valence electrons. The largest absolute Gasteiger partial charge is 0.493 e. The summed E-state index contributed by atoms with van der Waals surface area (Å²) in [5, 5.41) is 4.90. The molecule has 0 spiro atoms. The summed E-state index contributed by atoms with van der Waals surface area (Å²) >= 11 is 5.84. The third-order valence-electron chi connectivity index (χ3n) is 2.90. The first-order valence-electron chi connectivity index (χ1n) is 7.08. The average molecular weight is 319 g/mol. The molecule has 0 heterocycles. The van der Waals surface area contributed by atoms with Crippen LogP contribution in [0.2, 0.25) is 5.02 Å². The number of rotatable bonds is 7. The Bertz CT molecular complexity index is 627. The van der Waals surface area contributed by atoms with Gasteiger partial charge in [-0.25, -0.2) is 0 Å². The van der Waals surface area contributed by atoms with Gasteiger partial charge in [0.1, 0.15) is 0 Å². The predicted molar refractivity (Wildman–Crippen MR) is 91.4 cm³/mol. The fraction of sp³-hybridized carbons (Fsp3) is 0.235. The van der Waals surface area contributed by atoms with Crippen molar-refractivity contribution in [1.29, 1.82) is 0 Å². The van der Waals surface area contributed by atoms with Crippen LogP contribution in [0.25, 0.3) is 0 Å². The van der Waals surface area contributed by atoms with Crippen molar-refractivity contribution < 1.29 is 9.47 Å². The highest BCUT2D eigenvalue weighted by atomic mass is 35.5. The summed E-state index contributed by atoms with van der Waals surface area (Å²) in [5.74, 6) is 1.44. The van der Waals surface area contributed by atoms with Gasteiger partial charge in [-0.3, -0.25) is 5.43 Å². The van der Waals surface area contributed by atoms with E-state index in [2.05, 4.69) is 17.5 Å². The van der Waals surface area contributed by atoms with E-state index in [0.29, 0.717) is 11.6 Å². The molecule has 4 nitrogen and oxygen atoms in total. The van der Waals surface area contributed by atoms with Crippen LogP contribution in [0.5, 0.6) is 11.5 Å². The molecule has 0 fully saturated rings. The highest BCUT2D eigenvalue weighted by Crippen LogP contribution is 2.27. The summed E-state index contributed by atoms with van der Waals surface area (Å²) in [7, 11) is 1.63. The summed E-state index contributed by atoms with van der Waals surface area (Å²) in [6.07, 6.45) is 2.67. The van der Waals surface area contributed by atoms with Gasteiger partial charge in [0.25, 0.3) is 0 Å². The minimum Gasteiger partial charge on any atom is -0.493 e. The Morgan fingerprint density at radius 1 is 1.14 bits per heavy atom. The number of benzene rings is 2. The smallest absolute Gasteiger partial charge is 0.161 e. The molecule has 2 rings (SSSR count). The normalized spacial score (nSPS) is 10.7. The molecule has 0 aliphatic rings. The molecule has 0 saturated carbocycles. The summed E-state index contributed by atoms with van der Waals surface area (Å²) in [5.41, 5.74) is 4.75. The number of hydrogen-bond acceptors (Lipinski definition) is 4. The van der Waals surface area contributed by atoms with Crippen molar-refractivity contribution in [1.82, 2.24) is 0 Å². The molecule has 2 aromatic carbocycles. The van der Waals surface area contributed by atoms with Crippen LogP contribution < -0.4 is 14.9 Å². The lowest BCUT2D eigenvalue weighted by atomic mass is 10.2. The van der Waals surface area contributed by atoms with Gasteiger partial charge in [-0.05, 0) is 54.4 Å². The minimum atomic E-state index is 0.653. The van der Waals surface area contributed by atoms with Gasteiger partial charge >= 0.3 is 0 Å². The molecule has 1 N–H and O–H groups in total. The Hall–Kier alpha value is -2.20. The maximum Gasteiger partial charge on any atom is 0.161 e. The van der Waals surface area contributed by atoms with Gasteiger partial charge < -0.3 is 9.47 Å². The average Bonchev–Trinajstić information content (AvgIpc) is 2.55. The standard InChI is InChI=1S/C17H19ClN2O2/c1-3-10-22-17-11-13(4-9-16(17)21-2)12-19-20-15-7-5-14(18)6-8-15/h4-9,11-12,20H,3,10H2,1-2H3/b19-12+. The van der Waals surface area contributed by atoms with Crippen LogP contribution in [0.1, 0.15) is 18.9 Å². The molecule has 0 saturated heterocycles. The lowest BCUT2D eigenvalue weighted by Gasteiger charge is -2.10. The minimum absolute atomic E-state index is 0.653. The van der Waals surface area contributed by atoms with Crippen LogP contribution in [0.4, 0.5) is 5.69 Å². The first kappa shape index (κ1) is 16.2. The molecular weight excluding hydrogens is 300 g/mol. The molecule has 0 bridgehead atoms. The lowest BCUT2D eigenvalue weighted by Crippen LogP contribution is -1.99. The molecule has 0 aliphatic heterocycles. The fourth-order valence-electron chi connectivity index (χ4n) is 1.80. The molecule has 0 atom stereocenters. The third-order valence-corrected chi connectivity index (χ3v) is 3.15. The third kappa shape index (κ3) is 4.67. The molecule has 2 aromatic rings. The Labute approximate surface area is 135 Å². The molecule has 5 heteroatoms. The summed E-state index contributed by atoms with van der Waals surface area (Å²) in [6, 6.07) is 13.0. The maximum atomic E-state index is 5.84. The summed E-state index contributed by atoms with van der Waals surface area (Å²) in [4.78, 5) is 0. The highest BCUT2D eigenvalue weighted by Gasteiger charge is 2.04. The SMILES string of the molecule is CCCOc1cc(/C=N/Nc2ccc(Cl)cc2)ccc1OC. The molecule has 22 heavy (non-hydrogen) atoms. The number of anilines is 1. The van der Waals surface area contributed by atoms with Crippen LogP contribution in [0.3, 0.4) is 0 Å². The zero-order valence-corrected chi connectivity index (χ0v) is 13.4. The van der Waals surface area contributed by atoms with Gasteiger partial charge in [0, 0.05) is 5.02 Å². The van der Waals surface area contributed by atoms with Crippen molar-refractivity contribution in [2.75, 3.05) is 19.1 Å². The van der Waals surface area contributed by atoms with E-state index in [0.717, 1.165) is 29.2 Å². The van der Waals surface area contributed by atoms with Crippen LogP contribution in [-0.2, 0) is 0 Å². The van der Waals surface area contributed by atoms with Crippen LogP contribution >= 0.6 is 11.6 Å². The highest BCUT2D eigenvalue weighted by molar-refractivity contribution is 6.30. The quantitative estimate of drug-likeness (QED) is 0.600. The van der Waals surface area contributed by atoms with E-state index in [1.807, 2.05) is 42.5 Å². The van der Waals surface area contributed by atoms with Crippen molar-refractivity contribution >= 4 is 23.5 Å². The number of ether oxygens (including phenoxy) is 2. The first-order chi connectivity index (χ1) is 10.7. The van der Waals surface area contributed by atoms with E-state index in [-0.39, 0.29) is 0 Å². The second kappa shape index (κ2) is 8.29. The maximum absolute atomic E-state index is 5.84. The van der Waals surface area contributed by atoms with Crippen LogP contribution in [0.15, 0.2) is 47.6 Å². The number of hydrazone groups is 1. The molecule has 0 aromatic heterocycles. The van der Waals surface area contributed by atoms with Gasteiger partial charge in [-0.1, -0.05) is 18.5 Å². The molecule has 0 radical (unpaired) electrons. The van der Waals surface area contributed by atoms with E-state index in [1.165, 1.54) is 0 Å². The number of nitrogens with one attached hydrogen (secondary N) is 1. The number of hydrogen-bond donors (Lipinski definition) is 1. The van der Waals surface area contributed by atoms with Gasteiger partial charge in [0.05, 0.1) is 25.6 Å². The zero-order valence-electron chi connectivity index (χ0n) is 12.7. The zero-order chi connectivity index (χ0) is 15.8. The van der Waals surface area contributed by atoms with E-state index in [9.17, 15) is 0 Å². The Morgan fingerprint density at radius 2 is 1.91 bits per heavy atom. The molecular formula is C17H19ClN2O2. The summed E-state index contributed by atoms with van der Waals surface area (Å²) in [6.45, 7) is 2.72. The van der Waals surface area contributed by atoms with Crippen molar-refractivity contribution in [3.8, 4) is 11.5 Å². The first-order valence-corrected chi connectivity index (χ1v) is 7.46. The second-order valence-corrected chi connectivity index (χ2v) is 5.07. The second-order valence-electron chi connectivity index (χ2n) is 4.64. The molecule has 0 aliphatic carbocycles. The van der Waals surface area contributed by atoms with Gasteiger partial charge in [0.15, 0.2) is 11.5 Å². The van der Waals surface area contributed by atoms with E-state index in [4.69, 9.17) is 21.1 Å². The molecule has 0 unspecified atom stereocenters. The van der Waals surface area contributed by atoms with E-state index >= 15 is 0 Å². The number of methoxy groups -OCH3 is 1. The Balaban J connectivity index is 2.05.